The highest BCUT2D eigenvalue weighted by molar-refractivity contribution is 5.60. The smallest absolute Gasteiger partial charge is 0.136 e. The Morgan fingerprint density at radius 3 is 3.00 bits per heavy atom. The van der Waals surface area contributed by atoms with Crippen LogP contribution >= 0.6 is 0 Å². The summed E-state index contributed by atoms with van der Waals surface area (Å²) in [4.78, 5) is 10.4. The number of hydrogen-bond donors (Lipinski definition) is 3. The van der Waals surface area contributed by atoms with Gasteiger partial charge in [0.25, 0.3) is 0 Å². The summed E-state index contributed by atoms with van der Waals surface area (Å²) in [6.07, 6.45) is 2.82. The molecule has 1 aliphatic heterocycles. The zero-order valence-electron chi connectivity index (χ0n) is 11.7. The van der Waals surface area contributed by atoms with Crippen LogP contribution in [0.15, 0.2) is 36.7 Å². The Morgan fingerprint density at radius 1 is 1.33 bits per heavy atom. The van der Waals surface area contributed by atoms with Gasteiger partial charge in [0.1, 0.15) is 24.2 Å². The second kappa shape index (κ2) is 6.07. The van der Waals surface area contributed by atoms with Gasteiger partial charge in [-0.15, -0.1) is 0 Å². The molecule has 6 heteroatoms. The molecule has 1 aromatic heterocycles. The molecule has 4 N–H and O–H groups in total. The SMILES string of the molecule is NCc1cccc(Nc2cc(N3CCCC3O)ncn2)c1. The summed E-state index contributed by atoms with van der Waals surface area (Å²) < 4.78 is 0. The second-order valence-electron chi connectivity index (χ2n) is 5.11. The van der Waals surface area contributed by atoms with Gasteiger partial charge >= 0.3 is 0 Å². The molecule has 3 rings (SSSR count). The Labute approximate surface area is 123 Å². The number of benzene rings is 1. The van der Waals surface area contributed by atoms with Crippen LogP contribution in [-0.4, -0.2) is 27.8 Å². The van der Waals surface area contributed by atoms with Gasteiger partial charge in [0.05, 0.1) is 0 Å². The van der Waals surface area contributed by atoms with Crippen molar-refractivity contribution >= 4 is 17.3 Å². The summed E-state index contributed by atoms with van der Waals surface area (Å²) in [5.74, 6) is 1.45. The summed E-state index contributed by atoms with van der Waals surface area (Å²) in [5.41, 5.74) is 7.64. The van der Waals surface area contributed by atoms with Crippen molar-refractivity contribution in [2.24, 2.45) is 5.73 Å². The zero-order valence-corrected chi connectivity index (χ0v) is 11.7. The molecule has 1 saturated heterocycles. The van der Waals surface area contributed by atoms with Crippen molar-refractivity contribution in [1.82, 2.24) is 9.97 Å². The summed E-state index contributed by atoms with van der Waals surface area (Å²) in [6.45, 7) is 1.32. The van der Waals surface area contributed by atoms with Gasteiger partial charge in [0, 0.05) is 24.8 Å². The van der Waals surface area contributed by atoms with Gasteiger partial charge in [-0.05, 0) is 30.5 Å². The number of aromatic nitrogens is 2. The van der Waals surface area contributed by atoms with E-state index in [4.69, 9.17) is 5.73 Å². The number of rotatable bonds is 4. The van der Waals surface area contributed by atoms with Crippen LogP contribution in [0.2, 0.25) is 0 Å². The van der Waals surface area contributed by atoms with Gasteiger partial charge in [0.15, 0.2) is 0 Å². The fraction of sp³-hybridized carbons (Fsp3) is 0.333. The van der Waals surface area contributed by atoms with Gasteiger partial charge in [-0.1, -0.05) is 12.1 Å². The Morgan fingerprint density at radius 2 is 2.24 bits per heavy atom. The standard InChI is InChI=1S/C15H19N5O/c16-9-11-3-1-4-12(7-11)19-13-8-14(18-10-17-13)20-6-2-5-15(20)21/h1,3-4,7-8,10,15,21H,2,5-6,9,16H2,(H,17,18,19). The van der Waals surface area contributed by atoms with Crippen molar-refractivity contribution in [2.45, 2.75) is 25.6 Å². The second-order valence-corrected chi connectivity index (χ2v) is 5.11. The van der Waals surface area contributed by atoms with E-state index in [1.54, 1.807) is 0 Å². The fourth-order valence-electron chi connectivity index (χ4n) is 2.51. The molecule has 0 spiro atoms. The van der Waals surface area contributed by atoms with E-state index in [0.29, 0.717) is 12.4 Å². The van der Waals surface area contributed by atoms with E-state index < -0.39 is 6.23 Å². The lowest BCUT2D eigenvalue weighted by atomic mass is 10.2. The van der Waals surface area contributed by atoms with E-state index in [1.807, 2.05) is 35.2 Å². The number of anilines is 3. The maximum absolute atomic E-state index is 9.92. The van der Waals surface area contributed by atoms with E-state index in [9.17, 15) is 5.11 Å². The first kappa shape index (κ1) is 13.8. The van der Waals surface area contributed by atoms with Gasteiger partial charge in [0.2, 0.25) is 0 Å². The van der Waals surface area contributed by atoms with E-state index in [2.05, 4.69) is 15.3 Å². The Hall–Kier alpha value is -2.18. The third-order valence-corrected chi connectivity index (χ3v) is 3.60. The molecule has 0 saturated carbocycles. The van der Waals surface area contributed by atoms with Crippen LogP contribution in [0.4, 0.5) is 17.3 Å². The van der Waals surface area contributed by atoms with Gasteiger partial charge < -0.3 is 21.1 Å². The molecule has 1 fully saturated rings. The number of nitrogens with one attached hydrogen (secondary N) is 1. The predicted molar refractivity (Wildman–Crippen MR) is 82.2 cm³/mol. The Kier molecular flexibility index (Phi) is 3.98. The first-order chi connectivity index (χ1) is 10.3. The molecule has 1 atom stereocenters. The predicted octanol–water partition coefficient (Wildman–Crippen LogP) is 1.60. The number of aliphatic hydroxyl groups excluding tert-OH is 1. The maximum Gasteiger partial charge on any atom is 0.136 e. The summed E-state index contributed by atoms with van der Waals surface area (Å²) in [7, 11) is 0. The summed E-state index contributed by atoms with van der Waals surface area (Å²) in [6, 6.07) is 9.75. The lowest BCUT2D eigenvalue weighted by Crippen LogP contribution is -2.29. The highest BCUT2D eigenvalue weighted by atomic mass is 16.3. The molecule has 1 aliphatic rings. The molecule has 0 aliphatic carbocycles. The molecular formula is C15H19N5O. The number of hydrogen-bond acceptors (Lipinski definition) is 6. The van der Waals surface area contributed by atoms with Crippen LogP contribution in [-0.2, 0) is 6.54 Å². The largest absolute Gasteiger partial charge is 0.374 e. The molecule has 6 nitrogen and oxygen atoms in total. The minimum absolute atomic E-state index is 0.451. The average molecular weight is 285 g/mol. The normalized spacial score (nSPS) is 18.0. The molecule has 1 aromatic carbocycles. The third-order valence-electron chi connectivity index (χ3n) is 3.60. The van der Waals surface area contributed by atoms with Crippen LogP contribution < -0.4 is 16.0 Å². The van der Waals surface area contributed by atoms with E-state index in [1.165, 1.54) is 6.33 Å². The number of nitrogens with zero attached hydrogens (tertiary/aromatic N) is 3. The molecule has 0 amide bonds. The monoisotopic (exact) mass is 285 g/mol. The van der Waals surface area contributed by atoms with Crippen LogP contribution in [0.1, 0.15) is 18.4 Å². The van der Waals surface area contributed by atoms with Crippen molar-refractivity contribution in [2.75, 3.05) is 16.8 Å². The van der Waals surface area contributed by atoms with Crippen LogP contribution in [0.5, 0.6) is 0 Å². The maximum atomic E-state index is 9.92. The summed E-state index contributed by atoms with van der Waals surface area (Å²) >= 11 is 0. The lowest BCUT2D eigenvalue weighted by Gasteiger charge is -2.21. The van der Waals surface area contributed by atoms with Gasteiger partial charge in [-0.25, -0.2) is 9.97 Å². The van der Waals surface area contributed by atoms with Crippen LogP contribution in [0.25, 0.3) is 0 Å². The van der Waals surface area contributed by atoms with Crippen molar-refractivity contribution in [3.05, 3.63) is 42.2 Å². The minimum atomic E-state index is -0.451. The molecule has 0 bridgehead atoms. The van der Waals surface area contributed by atoms with Gasteiger partial charge in [-0.2, -0.15) is 0 Å². The topological polar surface area (TPSA) is 87.3 Å². The van der Waals surface area contributed by atoms with Crippen molar-refractivity contribution in [1.29, 1.82) is 0 Å². The molecule has 0 radical (unpaired) electrons. The average Bonchev–Trinajstić information content (AvgIpc) is 2.94. The Bertz CT molecular complexity index is 619. The molecule has 21 heavy (non-hydrogen) atoms. The molecular weight excluding hydrogens is 266 g/mol. The Balaban J connectivity index is 1.79. The van der Waals surface area contributed by atoms with Gasteiger partial charge in [-0.3, -0.25) is 0 Å². The first-order valence-electron chi connectivity index (χ1n) is 7.09. The quantitative estimate of drug-likeness (QED) is 0.791. The van der Waals surface area contributed by atoms with Crippen molar-refractivity contribution in [3.8, 4) is 0 Å². The molecule has 1 unspecified atom stereocenters. The number of nitrogens with two attached hydrogens (primary N) is 1. The van der Waals surface area contributed by atoms with E-state index in [0.717, 1.165) is 36.5 Å². The first-order valence-corrected chi connectivity index (χ1v) is 7.09. The van der Waals surface area contributed by atoms with Crippen molar-refractivity contribution in [3.63, 3.8) is 0 Å². The number of aliphatic hydroxyl groups is 1. The molecule has 2 aromatic rings. The van der Waals surface area contributed by atoms with E-state index in [-0.39, 0.29) is 0 Å². The highest BCUT2D eigenvalue weighted by Crippen LogP contribution is 2.24. The fourth-order valence-corrected chi connectivity index (χ4v) is 2.51. The van der Waals surface area contributed by atoms with Crippen molar-refractivity contribution < 1.29 is 5.11 Å². The third kappa shape index (κ3) is 3.12. The lowest BCUT2D eigenvalue weighted by molar-refractivity contribution is 0.185. The molecule has 2 heterocycles. The molecule has 110 valence electrons. The van der Waals surface area contributed by atoms with E-state index >= 15 is 0 Å². The highest BCUT2D eigenvalue weighted by Gasteiger charge is 2.23. The van der Waals surface area contributed by atoms with Crippen LogP contribution in [0.3, 0.4) is 0 Å². The minimum Gasteiger partial charge on any atom is -0.374 e. The zero-order chi connectivity index (χ0) is 14.7. The van der Waals surface area contributed by atoms with Crippen LogP contribution in [0, 0.1) is 0 Å². The summed E-state index contributed by atoms with van der Waals surface area (Å²) in [5, 5.41) is 13.2.